The summed E-state index contributed by atoms with van der Waals surface area (Å²) in [5.41, 5.74) is 11.6. The standard InChI is InChI=1S/C24H24N4O/c1-4-13-28(3)16-18-14-17(2)23(26-15-18)19-9-11-20(12-10-19)24(29)27-22-8-6-5-7-21(22)25/h1,5-12,14-15H,13,16,25H2,2-3H3,(H,27,29). The topological polar surface area (TPSA) is 71.2 Å². The van der Waals surface area contributed by atoms with Gasteiger partial charge in [0.25, 0.3) is 5.91 Å². The van der Waals surface area contributed by atoms with E-state index < -0.39 is 0 Å². The fourth-order valence-corrected chi connectivity index (χ4v) is 3.13. The molecule has 3 rings (SSSR count). The molecule has 0 radical (unpaired) electrons. The summed E-state index contributed by atoms with van der Waals surface area (Å²) in [7, 11) is 1.98. The van der Waals surface area contributed by atoms with Crippen LogP contribution in [0.2, 0.25) is 0 Å². The largest absolute Gasteiger partial charge is 0.397 e. The van der Waals surface area contributed by atoms with Crippen molar-refractivity contribution in [3.8, 4) is 23.6 Å². The molecule has 1 heterocycles. The van der Waals surface area contributed by atoms with Gasteiger partial charge in [-0.3, -0.25) is 14.7 Å². The molecule has 2 aromatic carbocycles. The number of para-hydroxylation sites is 2. The number of nitrogen functional groups attached to an aromatic ring is 1. The van der Waals surface area contributed by atoms with Crippen LogP contribution in [0, 0.1) is 19.3 Å². The van der Waals surface area contributed by atoms with Gasteiger partial charge in [-0.1, -0.05) is 36.3 Å². The number of carbonyl (C=O) groups is 1. The average molecular weight is 384 g/mol. The molecular weight excluding hydrogens is 360 g/mol. The van der Waals surface area contributed by atoms with Gasteiger partial charge in [0.2, 0.25) is 0 Å². The molecule has 3 aromatic rings. The number of amides is 1. The molecule has 0 bridgehead atoms. The predicted molar refractivity (Wildman–Crippen MR) is 118 cm³/mol. The molecule has 0 saturated heterocycles. The summed E-state index contributed by atoms with van der Waals surface area (Å²) in [5.74, 6) is 2.44. The van der Waals surface area contributed by atoms with Gasteiger partial charge in [0, 0.05) is 23.9 Å². The molecule has 5 heteroatoms. The molecule has 1 amide bonds. The molecular formula is C24H24N4O. The van der Waals surface area contributed by atoms with Crippen LogP contribution >= 0.6 is 0 Å². The highest BCUT2D eigenvalue weighted by molar-refractivity contribution is 6.05. The normalized spacial score (nSPS) is 10.6. The van der Waals surface area contributed by atoms with E-state index in [1.165, 1.54) is 0 Å². The molecule has 3 N–H and O–H groups in total. The number of aromatic nitrogens is 1. The number of aryl methyl sites for hydroxylation is 1. The van der Waals surface area contributed by atoms with Gasteiger partial charge in [-0.05, 0) is 49.4 Å². The highest BCUT2D eigenvalue weighted by atomic mass is 16.1. The summed E-state index contributed by atoms with van der Waals surface area (Å²) in [6.45, 7) is 3.38. The quantitative estimate of drug-likeness (QED) is 0.499. The third kappa shape index (κ3) is 5.01. The second-order valence-electron chi connectivity index (χ2n) is 7.00. The molecule has 0 spiro atoms. The first-order chi connectivity index (χ1) is 14.0. The van der Waals surface area contributed by atoms with Gasteiger partial charge in [-0.25, -0.2) is 0 Å². The van der Waals surface area contributed by atoms with E-state index in [0.717, 1.165) is 28.9 Å². The highest BCUT2D eigenvalue weighted by Gasteiger charge is 2.10. The van der Waals surface area contributed by atoms with E-state index >= 15 is 0 Å². The number of rotatable bonds is 6. The monoisotopic (exact) mass is 384 g/mol. The van der Waals surface area contributed by atoms with Crippen LogP contribution in [0.4, 0.5) is 11.4 Å². The molecule has 1 aromatic heterocycles. The third-order valence-electron chi connectivity index (χ3n) is 4.58. The Balaban J connectivity index is 1.74. The Labute approximate surface area is 171 Å². The zero-order chi connectivity index (χ0) is 20.8. The summed E-state index contributed by atoms with van der Waals surface area (Å²) in [6.07, 6.45) is 7.22. The van der Waals surface area contributed by atoms with Crippen molar-refractivity contribution < 1.29 is 4.79 Å². The minimum atomic E-state index is -0.203. The highest BCUT2D eigenvalue weighted by Crippen LogP contribution is 2.23. The third-order valence-corrected chi connectivity index (χ3v) is 4.58. The second kappa shape index (κ2) is 9.05. The Kier molecular flexibility index (Phi) is 6.28. The first kappa shape index (κ1) is 20.1. The number of benzene rings is 2. The molecule has 146 valence electrons. The van der Waals surface area contributed by atoms with E-state index in [1.54, 1.807) is 24.3 Å². The molecule has 0 saturated carbocycles. The first-order valence-electron chi connectivity index (χ1n) is 9.31. The van der Waals surface area contributed by atoms with Crippen LogP contribution in [0.15, 0.2) is 60.8 Å². The summed E-state index contributed by atoms with van der Waals surface area (Å²) in [6, 6.07) is 16.7. The SMILES string of the molecule is C#CCN(C)Cc1cnc(-c2ccc(C(=O)Nc3ccccc3N)cc2)c(C)c1. The van der Waals surface area contributed by atoms with E-state index in [9.17, 15) is 4.79 Å². The van der Waals surface area contributed by atoms with Gasteiger partial charge in [0.15, 0.2) is 0 Å². The lowest BCUT2D eigenvalue weighted by Crippen LogP contribution is -2.18. The molecule has 0 aliphatic heterocycles. The van der Waals surface area contributed by atoms with Crippen LogP contribution in [0.25, 0.3) is 11.3 Å². The number of nitrogens with two attached hydrogens (primary N) is 1. The number of terminal acetylenes is 1. The molecule has 0 aliphatic carbocycles. The number of anilines is 2. The van der Waals surface area contributed by atoms with Crippen LogP contribution in [0.1, 0.15) is 21.5 Å². The average Bonchev–Trinajstić information content (AvgIpc) is 2.70. The fourth-order valence-electron chi connectivity index (χ4n) is 3.13. The van der Waals surface area contributed by atoms with E-state index in [0.29, 0.717) is 23.5 Å². The molecule has 0 aliphatic rings. The zero-order valence-electron chi connectivity index (χ0n) is 16.6. The summed E-state index contributed by atoms with van der Waals surface area (Å²) < 4.78 is 0. The van der Waals surface area contributed by atoms with Gasteiger partial charge in [-0.15, -0.1) is 6.42 Å². The minimum Gasteiger partial charge on any atom is -0.397 e. The van der Waals surface area contributed by atoms with Gasteiger partial charge >= 0.3 is 0 Å². The van der Waals surface area contributed by atoms with E-state index in [2.05, 4.69) is 27.2 Å². The van der Waals surface area contributed by atoms with E-state index in [4.69, 9.17) is 12.2 Å². The van der Waals surface area contributed by atoms with Gasteiger partial charge < -0.3 is 11.1 Å². The van der Waals surface area contributed by atoms with Gasteiger partial charge in [-0.2, -0.15) is 0 Å². The van der Waals surface area contributed by atoms with Crippen molar-refractivity contribution in [2.75, 3.05) is 24.6 Å². The van der Waals surface area contributed by atoms with E-state index in [1.807, 2.05) is 44.4 Å². The van der Waals surface area contributed by atoms with Crippen LogP contribution in [0.3, 0.4) is 0 Å². The van der Waals surface area contributed by atoms with Gasteiger partial charge in [0.05, 0.1) is 23.6 Å². The van der Waals surface area contributed by atoms with Crippen LogP contribution in [0.5, 0.6) is 0 Å². The number of carbonyl (C=O) groups excluding carboxylic acids is 1. The van der Waals surface area contributed by atoms with E-state index in [-0.39, 0.29) is 5.91 Å². The number of pyridine rings is 1. The fraction of sp³-hybridized carbons (Fsp3) is 0.167. The number of nitrogens with one attached hydrogen (secondary N) is 1. The van der Waals surface area contributed by atoms with Crippen LogP contribution in [-0.2, 0) is 6.54 Å². The molecule has 0 fully saturated rings. The van der Waals surface area contributed by atoms with Crippen LogP contribution < -0.4 is 11.1 Å². The summed E-state index contributed by atoms with van der Waals surface area (Å²) in [4.78, 5) is 19.2. The molecule has 0 atom stereocenters. The van der Waals surface area contributed by atoms with Crippen molar-refractivity contribution >= 4 is 17.3 Å². The lowest BCUT2D eigenvalue weighted by atomic mass is 10.0. The maximum absolute atomic E-state index is 12.5. The molecule has 29 heavy (non-hydrogen) atoms. The second-order valence-corrected chi connectivity index (χ2v) is 7.00. The summed E-state index contributed by atoms with van der Waals surface area (Å²) in [5, 5.41) is 2.83. The maximum atomic E-state index is 12.5. The Hall–Kier alpha value is -3.62. The maximum Gasteiger partial charge on any atom is 0.255 e. The van der Waals surface area contributed by atoms with Crippen molar-refractivity contribution in [1.82, 2.24) is 9.88 Å². The van der Waals surface area contributed by atoms with Crippen molar-refractivity contribution in [3.05, 3.63) is 77.5 Å². The van der Waals surface area contributed by atoms with Crippen molar-refractivity contribution in [2.45, 2.75) is 13.5 Å². The minimum absolute atomic E-state index is 0.203. The van der Waals surface area contributed by atoms with Gasteiger partial charge in [0.1, 0.15) is 0 Å². The Morgan fingerprint density at radius 2 is 1.93 bits per heavy atom. The Morgan fingerprint density at radius 1 is 1.21 bits per heavy atom. The summed E-state index contributed by atoms with van der Waals surface area (Å²) >= 11 is 0. The molecule has 0 unspecified atom stereocenters. The van der Waals surface area contributed by atoms with Crippen molar-refractivity contribution in [2.24, 2.45) is 0 Å². The molecule has 5 nitrogen and oxygen atoms in total. The zero-order valence-corrected chi connectivity index (χ0v) is 16.6. The Bertz CT molecular complexity index is 1050. The number of hydrogen-bond acceptors (Lipinski definition) is 4. The lowest BCUT2D eigenvalue weighted by Gasteiger charge is -2.14. The first-order valence-corrected chi connectivity index (χ1v) is 9.31. The van der Waals surface area contributed by atoms with Crippen molar-refractivity contribution in [1.29, 1.82) is 0 Å². The Morgan fingerprint density at radius 3 is 2.59 bits per heavy atom. The number of nitrogens with zero attached hydrogens (tertiary/aromatic N) is 2. The van der Waals surface area contributed by atoms with Crippen molar-refractivity contribution in [3.63, 3.8) is 0 Å². The predicted octanol–water partition coefficient (Wildman–Crippen LogP) is 3.96. The smallest absolute Gasteiger partial charge is 0.255 e. The van der Waals surface area contributed by atoms with Crippen LogP contribution in [-0.4, -0.2) is 29.4 Å². The lowest BCUT2D eigenvalue weighted by molar-refractivity contribution is 0.102. The number of hydrogen-bond donors (Lipinski definition) is 2.